The second kappa shape index (κ2) is 9.55. The number of nitrogens with zero attached hydrogens (tertiary/aromatic N) is 3. The van der Waals surface area contributed by atoms with E-state index in [0.29, 0.717) is 11.0 Å². The zero-order chi connectivity index (χ0) is 23.6. The average molecular weight is 489 g/mol. The van der Waals surface area contributed by atoms with Crippen LogP contribution in [0.25, 0.3) is 32.6 Å². The smallest absolute Gasteiger partial charge is 0.311 e. The van der Waals surface area contributed by atoms with E-state index in [2.05, 4.69) is 10.2 Å². The molecule has 0 aliphatic heterocycles. The van der Waals surface area contributed by atoms with E-state index >= 15 is 0 Å². The molecule has 0 N–H and O–H groups in total. The molecule has 174 valence electrons. The van der Waals surface area contributed by atoms with E-state index in [4.69, 9.17) is 23.1 Å². The Balaban J connectivity index is 2.08. The van der Waals surface area contributed by atoms with Gasteiger partial charge in [-0.25, -0.2) is 4.98 Å². The highest BCUT2D eigenvalue weighted by Crippen LogP contribution is 2.77. The third kappa shape index (κ3) is 4.10. The Kier molecular flexibility index (Phi) is 6.91. The average Bonchev–Trinajstić information content (AvgIpc) is 2.84. The summed E-state index contributed by atoms with van der Waals surface area (Å²) in [6.07, 6.45) is 0. The first-order chi connectivity index (χ1) is 15.9. The number of rotatable bonds is 9. The molecule has 33 heavy (non-hydrogen) atoms. The van der Waals surface area contributed by atoms with Crippen molar-refractivity contribution in [2.45, 2.75) is 19.2 Å². The summed E-state index contributed by atoms with van der Waals surface area (Å²) in [6, 6.07) is 15.6. The second-order valence-corrected chi connectivity index (χ2v) is 12.0. The summed E-state index contributed by atoms with van der Waals surface area (Å²) in [4.78, 5) is 4.71. The molecule has 4 aromatic rings. The summed E-state index contributed by atoms with van der Waals surface area (Å²) in [6.45, 7) is 3.42. The molecule has 0 saturated heterocycles. The van der Waals surface area contributed by atoms with Crippen LogP contribution in [0, 0.1) is 0 Å². The molecular weight excluding hydrogens is 464 g/mol. The number of aromatic nitrogens is 3. The van der Waals surface area contributed by atoms with Gasteiger partial charge in [-0.2, -0.15) is 0 Å². The van der Waals surface area contributed by atoms with Gasteiger partial charge in [0.1, 0.15) is 11.0 Å². The molecule has 0 amide bonds. The van der Waals surface area contributed by atoms with Crippen LogP contribution in [-0.2, 0) is 27.2 Å². The summed E-state index contributed by atoms with van der Waals surface area (Å²) in [7, 11) is -5.72. The van der Waals surface area contributed by atoms with Gasteiger partial charge in [0, 0.05) is 25.0 Å². The van der Waals surface area contributed by atoms with Crippen molar-refractivity contribution in [3.8, 4) is 0 Å². The van der Waals surface area contributed by atoms with Crippen LogP contribution in [0.15, 0.2) is 48.5 Å². The Bertz CT molecular complexity index is 1360. The maximum Gasteiger partial charge on any atom is 0.353 e. The van der Waals surface area contributed by atoms with Crippen molar-refractivity contribution < 1.29 is 27.2 Å². The molecule has 3 aromatic carbocycles. The lowest BCUT2D eigenvalue weighted by Crippen LogP contribution is -2.14. The van der Waals surface area contributed by atoms with Crippen molar-refractivity contribution in [2.75, 3.05) is 27.4 Å². The normalized spacial score (nSPS) is 13.7. The molecule has 1 atom stereocenters. The van der Waals surface area contributed by atoms with E-state index in [1.807, 2.05) is 48.5 Å². The molecule has 0 spiro atoms. The number of benzene rings is 3. The van der Waals surface area contributed by atoms with Gasteiger partial charge in [-0.1, -0.05) is 48.5 Å². The molecular formula is C22H25N3O6P2. The predicted molar refractivity (Wildman–Crippen MR) is 128 cm³/mol. The van der Waals surface area contributed by atoms with Crippen LogP contribution < -0.4 is 0 Å². The summed E-state index contributed by atoms with van der Waals surface area (Å²) >= 11 is 0. The molecule has 0 saturated carbocycles. The molecule has 4 rings (SSSR count). The molecule has 0 bridgehead atoms. The molecule has 11 heteroatoms. The number of hydrogen-bond acceptors (Lipinski definition) is 9. The predicted octanol–water partition coefficient (Wildman–Crippen LogP) is 6.08. The molecule has 1 aromatic heterocycles. The third-order valence-electron chi connectivity index (χ3n) is 5.31. The van der Waals surface area contributed by atoms with Crippen LogP contribution in [0.1, 0.15) is 25.1 Å². The Morgan fingerprint density at radius 3 is 1.70 bits per heavy atom. The lowest BCUT2D eigenvalue weighted by molar-refractivity contribution is 0.208. The lowest BCUT2D eigenvalue weighted by atomic mass is 10.00. The highest BCUT2D eigenvalue weighted by molar-refractivity contribution is 7.72. The standard InChI is InChI=1S/C22H25N3O6P2/c1-5-30-33(27,31-6-2)22(32(26,28-3)29-4)21-23-19-17-13-9-7-11-15(17)16-12-8-10-14-18(16)20(19)24-25-21/h7-14,22H,5-6H2,1-4H3. The summed E-state index contributed by atoms with van der Waals surface area (Å²) in [5.74, 6) is -0.0970. The minimum atomic E-state index is -4.07. The second-order valence-electron chi connectivity index (χ2n) is 7.11. The molecule has 0 aliphatic rings. The van der Waals surface area contributed by atoms with Crippen LogP contribution in [-0.4, -0.2) is 42.6 Å². The monoisotopic (exact) mass is 489 g/mol. The molecule has 1 heterocycles. The van der Waals surface area contributed by atoms with E-state index in [1.54, 1.807) is 13.8 Å². The Hall–Kier alpha value is -2.25. The minimum Gasteiger partial charge on any atom is -0.311 e. The van der Waals surface area contributed by atoms with Gasteiger partial charge in [0.15, 0.2) is 5.82 Å². The zero-order valence-corrected chi connectivity index (χ0v) is 20.6. The van der Waals surface area contributed by atoms with Crippen molar-refractivity contribution in [3.63, 3.8) is 0 Å². The molecule has 1 unspecified atom stereocenters. The van der Waals surface area contributed by atoms with Gasteiger partial charge < -0.3 is 18.1 Å². The van der Waals surface area contributed by atoms with Crippen molar-refractivity contribution >= 4 is 47.8 Å². The number of fused-ring (bicyclic) bond motifs is 6. The summed E-state index contributed by atoms with van der Waals surface area (Å²) in [5.41, 5.74) is 1.09. The molecule has 0 fully saturated rings. The Labute approximate surface area is 191 Å². The van der Waals surface area contributed by atoms with Crippen LogP contribution in [0.5, 0.6) is 0 Å². The Morgan fingerprint density at radius 2 is 1.21 bits per heavy atom. The van der Waals surface area contributed by atoms with Gasteiger partial charge in [0.25, 0.3) is 0 Å². The van der Waals surface area contributed by atoms with Gasteiger partial charge in [0.05, 0.1) is 13.2 Å². The maximum atomic E-state index is 13.8. The molecule has 9 nitrogen and oxygen atoms in total. The van der Waals surface area contributed by atoms with Crippen LogP contribution in [0.3, 0.4) is 0 Å². The van der Waals surface area contributed by atoms with Crippen molar-refractivity contribution in [3.05, 3.63) is 54.4 Å². The first-order valence-electron chi connectivity index (χ1n) is 10.5. The van der Waals surface area contributed by atoms with Gasteiger partial charge in [-0.05, 0) is 24.6 Å². The van der Waals surface area contributed by atoms with Gasteiger partial charge in [-0.15, -0.1) is 10.2 Å². The molecule has 0 aliphatic carbocycles. The molecule has 0 radical (unpaired) electrons. The largest absolute Gasteiger partial charge is 0.353 e. The van der Waals surface area contributed by atoms with Crippen LogP contribution in [0.4, 0.5) is 0 Å². The fraction of sp³-hybridized carbons (Fsp3) is 0.318. The van der Waals surface area contributed by atoms with Crippen molar-refractivity contribution in [1.82, 2.24) is 15.2 Å². The van der Waals surface area contributed by atoms with Gasteiger partial charge in [-0.3, -0.25) is 9.13 Å². The topological polar surface area (TPSA) is 110 Å². The summed E-state index contributed by atoms with van der Waals surface area (Å²) in [5, 5.41) is 10.8. The van der Waals surface area contributed by atoms with Gasteiger partial charge >= 0.3 is 15.2 Å². The zero-order valence-electron chi connectivity index (χ0n) is 18.8. The minimum absolute atomic E-state index is 0.0514. The van der Waals surface area contributed by atoms with E-state index < -0.39 is 20.6 Å². The highest BCUT2D eigenvalue weighted by Gasteiger charge is 2.53. The van der Waals surface area contributed by atoms with Crippen LogP contribution >= 0.6 is 15.2 Å². The van der Waals surface area contributed by atoms with E-state index in [9.17, 15) is 9.13 Å². The quantitative estimate of drug-likeness (QED) is 0.204. The number of hydrogen-bond donors (Lipinski definition) is 0. The first kappa shape index (κ1) is 23.9. The maximum absolute atomic E-state index is 13.8. The highest BCUT2D eigenvalue weighted by atomic mass is 31.2. The van der Waals surface area contributed by atoms with Crippen LogP contribution in [0.2, 0.25) is 0 Å². The summed E-state index contributed by atoms with van der Waals surface area (Å²) < 4.78 is 48.8. The lowest BCUT2D eigenvalue weighted by Gasteiger charge is -2.28. The SMILES string of the molecule is CCOP(=O)(OCC)C(c1nnc2c3ccccc3c3ccccc3c2n1)P(=O)(OC)OC. The van der Waals surface area contributed by atoms with Crippen molar-refractivity contribution in [2.24, 2.45) is 0 Å². The van der Waals surface area contributed by atoms with Gasteiger partial charge in [0.2, 0.25) is 5.40 Å². The van der Waals surface area contributed by atoms with Crippen molar-refractivity contribution in [1.29, 1.82) is 0 Å². The van der Waals surface area contributed by atoms with E-state index in [-0.39, 0.29) is 19.0 Å². The Morgan fingerprint density at radius 1 is 0.727 bits per heavy atom. The van der Waals surface area contributed by atoms with E-state index in [0.717, 1.165) is 21.5 Å². The van der Waals surface area contributed by atoms with E-state index in [1.165, 1.54) is 14.2 Å². The fourth-order valence-electron chi connectivity index (χ4n) is 3.93. The fourth-order valence-corrected chi connectivity index (χ4v) is 8.70. The third-order valence-corrected chi connectivity index (χ3v) is 10.9. The first-order valence-corrected chi connectivity index (χ1v) is 13.7.